The van der Waals surface area contributed by atoms with Gasteiger partial charge < -0.3 is 20.1 Å². The lowest BCUT2D eigenvalue weighted by Gasteiger charge is -2.33. The monoisotopic (exact) mass is 465 g/mol. The minimum atomic E-state index is -0.768. The van der Waals surface area contributed by atoms with Crippen molar-refractivity contribution in [3.05, 3.63) is 53.6 Å². The van der Waals surface area contributed by atoms with Crippen molar-refractivity contribution in [1.82, 2.24) is 10.3 Å². The van der Waals surface area contributed by atoms with Gasteiger partial charge in [-0.1, -0.05) is 49.6 Å². The van der Waals surface area contributed by atoms with Crippen LogP contribution in [-0.2, 0) is 4.79 Å². The summed E-state index contributed by atoms with van der Waals surface area (Å²) < 4.78 is 6.27. The van der Waals surface area contributed by atoms with Crippen molar-refractivity contribution >= 4 is 17.7 Å². The molecule has 2 atom stereocenters. The quantitative estimate of drug-likeness (QED) is 0.572. The van der Waals surface area contributed by atoms with Crippen LogP contribution in [-0.4, -0.2) is 41.1 Å². The molecule has 1 aromatic heterocycles. The number of anilines is 1. The highest BCUT2D eigenvalue weighted by Crippen LogP contribution is 2.30. The standard InChI is InChI=1S/C27H35N3O4/c1-19(21-10-4-2-5-11-21)34-27-23(26(33)28-22-12-6-3-7-13-22)14-15-24(29-27)30-16-8-9-20(18-30)17-25(31)32/h2,4-5,10-11,14-15,19-20,22H,3,6-9,12-13,16-18H2,1H3,(H,28,33)(H,31,32)/t19-,20-/m0/s1. The lowest BCUT2D eigenvalue weighted by Crippen LogP contribution is -2.38. The van der Waals surface area contributed by atoms with E-state index in [-0.39, 0.29) is 30.4 Å². The molecule has 0 radical (unpaired) electrons. The van der Waals surface area contributed by atoms with Crippen LogP contribution in [0.5, 0.6) is 5.88 Å². The average Bonchev–Trinajstić information content (AvgIpc) is 2.85. The van der Waals surface area contributed by atoms with E-state index in [2.05, 4.69) is 10.2 Å². The molecule has 1 aromatic carbocycles. The summed E-state index contributed by atoms with van der Waals surface area (Å²) >= 11 is 0. The van der Waals surface area contributed by atoms with Crippen LogP contribution in [0.25, 0.3) is 0 Å². The molecule has 2 fully saturated rings. The summed E-state index contributed by atoms with van der Waals surface area (Å²) in [6.45, 7) is 3.40. The molecule has 1 aliphatic heterocycles. The summed E-state index contributed by atoms with van der Waals surface area (Å²) in [5.41, 5.74) is 1.45. The Morgan fingerprint density at radius 1 is 1.09 bits per heavy atom. The largest absolute Gasteiger partial charge is 0.481 e. The van der Waals surface area contributed by atoms with E-state index in [1.165, 1.54) is 6.42 Å². The maximum atomic E-state index is 13.2. The Hall–Kier alpha value is -3.09. The first-order valence-corrected chi connectivity index (χ1v) is 12.5. The molecule has 7 nitrogen and oxygen atoms in total. The van der Waals surface area contributed by atoms with Crippen molar-refractivity contribution in [3.8, 4) is 5.88 Å². The summed E-state index contributed by atoms with van der Waals surface area (Å²) in [5, 5.41) is 12.4. The summed E-state index contributed by atoms with van der Waals surface area (Å²) in [5.74, 6) is 0.218. The number of carboxylic acid groups (broad SMARTS) is 1. The molecule has 2 N–H and O–H groups in total. The normalized spacial score (nSPS) is 19.9. The molecule has 4 rings (SSSR count). The number of carbonyl (C=O) groups excluding carboxylic acids is 1. The highest BCUT2D eigenvalue weighted by atomic mass is 16.5. The Morgan fingerprint density at radius 3 is 2.59 bits per heavy atom. The van der Waals surface area contributed by atoms with Crippen LogP contribution in [0.2, 0.25) is 0 Å². The van der Waals surface area contributed by atoms with Gasteiger partial charge in [0.1, 0.15) is 17.5 Å². The highest BCUT2D eigenvalue weighted by molar-refractivity contribution is 5.96. The Kier molecular flexibility index (Phi) is 8.03. The predicted molar refractivity (Wildman–Crippen MR) is 131 cm³/mol. The number of ether oxygens (including phenoxy) is 1. The summed E-state index contributed by atoms with van der Waals surface area (Å²) in [7, 11) is 0. The molecule has 2 aliphatic rings. The van der Waals surface area contributed by atoms with Crippen LogP contribution in [0.15, 0.2) is 42.5 Å². The first-order valence-electron chi connectivity index (χ1n) is 12.5. The average molecular weight is 466 g/mol. The summed E-state index contributed by atoms with van der Waals surface area (Å²) in [4.78, 5) is 31.3. The first-order chi connectivity index (χ1) is 16.5. The van der Waals surface area contributed by atoms with E-state index in [4.69, 9.17) is 9.72 Å². The molecule has 7 heteroatoms. The molecule has 0 spiro atoms. The molecule has 2 heterocycles. The zero-order valence-corrected chi connectivity index (χ0v) is 19.9. The van der Waals surface area contributed by atoms with Crippen molar-refractivity contribution in [2.24, 2.45) is 5.92 Å². The van der Waals surface area contributed by atoms with E-state index < -0.39 is 5.97 Å². The Labute approximate surface area is 201 Å². The highest BCUT2D eigenvalue weighted by Gasteiger charge is 2.26. The van der Waals surface area contributed by atoms with Gasteiger partial charge in [0.05, 0.1) is 0 Å². The van der Waals surface area contributed by atoms with E-state index in [1.807, 2.05) is 43.3 Å². The maximum Gasteiger partial charge on any atom is 0.303 e. The lowest BCUT2D eigenvalue weighted by atomic mass is 9.95. The van der Waals surface area contributed by atoms with Crippen LogP contribution >= 0.6 is 0 Å². The fourth-order valence-corrected chi connectivity index (χ4v) is 5.03. The van der Waals surface area contributed by atoms with Gasteiger partial charge in [0.2, 0.25) is 5.88 Å². The van der Waals surface area contributed by atoms with Crippen molar-refractivity contribution in [2.45, 2.75) is 70.4 Å². The van der Waals surface area contributed by atoms with Gasteiger partial charge >= 0.3 is 5.97 Å². The number of aliphatic carboxylic acids is 1. The van der Waals surface area contributed by atoms with Gasteiger partial charge in [-0.25, -0.2) is 0 Å². The molecule has 34 heavy (non-hydrogen) atoms. The molecular weight excluding hydrogens is 430 g/mol. The minimum absolute atomic E-state index is 0.0925. The number of rotatable bonds is 8. The van der Waals surface area contributed by atoms with E-state index >= 15 is 0 Å². The molecule has 1 saturated carbocycles. The Balaban J connectivity index is 1.57. The van der Waals surface area contributed by atoms with Gasteiger partial charge in [-0.15, -0.1) is 0 Å². The number of amides is 1. The number of pyridine rings is 1. The summed E-state index contributed by atoms with van der Waals surface area (Å²) in [6, 6.07) is 13.7. The second-order valence-electron chi connectivity index (χ2n) is 9.55. The van der Waals surface area contributed by atoms with Crippen LogP contribution in [0.3, 0.4) is 0 Å². The molecule has 0 unspecified atom stereocenters. The second-order valence-corrected chi connectivity index (χ2v) is 9.55. The van der Waals surface area contributed by atoms with Gasteiger partial charge in [-0.05, 0) is 56.2 Å². The maximum absolute atomic E-state index is 13.2. The zero-order chi connectivity index (χ0) is 23.9. The number of carboxylic acids is 1. The van der Waals surface area contributed by atoms with Crippen molar-refractivity contribution in [1.29, 1.82) is 0 Å². The number of nitrogens with zero attached hydrogens (tertiary/aromatic N) is 2. The smallest absolute Gasteiger partial charge is 0.303 e. The van der Waals surface area contributed by atoms with Gasteiger partial charge in [0, 0.05) is 25.6 Å². The third kappa shape index (κ3) is 6.27. The number of hydrogen-bond donors (Lipinski definition) is 2. The Bertz CT molecular complexity index is 975. The van der Waals surface area contributed by atoms with Crippen LogP contribution in [0.1, 0.15) is 80.3 Å². The van der Waals surface area contributed by atoms with Gasteiger partial charge in [0.15, 0.2) is 0 Å². The number of piperidine rings is 1. The van der Waals surface area contributed by atoms with Crippen LogP contribution in [0.4, 0.5) is 5.82 Å². The van der Waals surface area contributed by atoms with Crippen molar-refractivity contribution in [3.63, 3.8) is 0 Å². The zero-order valence-electron chi connectivity index (χ0n) is 19.9. The van der Waals surface area contributed by atoms with Crippen molar-refractivity contribution in [2.75, 3.05) is 18.0 Å². The van der Waals surface area contributed by atoms with E-state index in [0.29, 0.717) is 18.0 Å². The van der Waals surface area contributed by atoms with Crippen LogP contribution < -0.4 is 15.0 Å². The van der Waals surface area contributed by atoms with Crippen LogP contribution in [0, 0.1) is 5.92 Å². The summed E-state index contributed by atoms with van der Waals surface area (Å²) in [6.07, 6.45) is 7.23. The van der Waals surface area contributed by atoms with Gasteiger partial charge in [0.25, 0.3) is 5.91 Å². The molecule has 0 bridgehead atoms. The lowest BCUT2D eigenvalue weighted by molar-refractivity contribution is -0.138. The van der Waals surface area contributed by atoms with Gasteiger partial charge in [-0.2, -0.15) is 4.98 Å². The third-order valence-corrected chi connectivity index (χ3v) is 6.89. The number of nitrogens with one attached hydrogen (secondary N) is 1. The molecule has 1 saturated heterocycles. The predicted octanol–water partition coefficient (Wildman–Crippen LogP) is 4.98. The minimum Gasteiger partial charge on any atom is -0.481 e. The molecule has 1 aliphatic carbocycles. The fraction of sp³-hybridized carbons (Fsp3) is 0.519. The van der Waals surface area contributed by atoms with E-state index in [1.54, 1.807) is 6.07 Å². The van der Waals surface area contributed by atoms with E-state index in [9.17, 15) is 14.7 Å². The number of carbonyl (C=O) groups is 2. The number of benzene rings is 1. The third-order valence-electron chi connectivity index (χ3n) is 6.89. The van der Waals surface area contributed by atoms with Gasteiger partial charge in [-0.3, -0.25) is 9.59 Å². The topological polar surface area (TPSA) is 91.8 Å². The Morgan fingerprint density at radius 2 is 1.85 bits per heavy atom. The molecule has 1 amide bonds. The first kappa shape index (κ1) is 24.0. The molecule has 182 valence electrons. The number of hydrogen-bond acceptors (Lipinski definition) is 5. The molecule has 2 aromatic rings. The molecular formula is C27H35N3O4. The van der Waals surface area contributed by atoms with Crippen molar-refractivity contribution < 1.29 is 19.4 Å². The fourth-order valence-electron chi connectivity index (χ4n) is 5.03. The second kappa shape index (κ2) is 11.4. The number of aromatic nitrogens is 1. The SMILES string of the molecule is C[C@H](Oc1nc(N2CCC[C@@H](CC(=O)O)C2)ccc1C(=O)NC1CCCCC1)c1ccccc1. The van der Waals surface area contributed by atoms with E-state index in [0.717, 1.165) is 56.5 Å².